The summed E-state index contributed by atoms with van der Waals surface area (Å²) in [6.07, 6.45) is 2.64. The molecule has 0 aliphatic carbocycles. The Kier molecular flexibility index (Phi) is 4.63. The molecule has 0 saturated carbocycles. The largest absolute Gasteiger partial charge is 0.348 e. The summed E-state index contributed by atoms with van der Waals surface area (Å²) in [5.41, 5.74) is 0.381. The van der Waals surface area contributed by atoms with Gasteiger partial charge in [-0.3, -0.25) is 4.79 Å². The van der Waals surface area contributed by atoms with Crippen molar-refractivity contribution in [2.24, 2.45) is 0 Å². The Hall–Kier alpha value is -2.78. The van der Waals surface area contributed by atoms with Crippen molar-refractivity contribution in [3.63, 3.8) is 0 Å². The van der Waals surface area contributed by atoms with Gasteiger partial charge < -0.3 is 9.84 Å². The molecule has 2 aromatic heterocycles. The molecule has 0 radical (unpaired) electrons. The SMILES string of the molecule is O=C(NC1CCN(S(=O)(=O)c2ccccc2)CC1)c1onc2ncccc12. The van der Waals surface area contributed by atoms with E-state index in [1.807, 2.05) is 0 Å². The lowest BCUT2D eigenvalue weighted by Gasteiger charge is -2.31. The first kappa shape index (κ1) is 17.6. The van der Waals surface area contributed by atoms with Gasteiger partial charge in [0.05, 0.1) is 10.3 Å². The zero-order valence-corrected chi connectivity index (χ0v) is 15.2. The molecule has 1 amide bonds. The highest BCUT2D eigenvalue weighted by Gasteiger charge is 2.30. The fraction of sp³-hybridized carbons (Fsp3) is 0.278. The number of rotatable bonds is 4. The fourth-order valence-corrected chi connectivity index (χ4v) is 4.67. The molecule has 1 aliphatic rings. The van der Waals surface area contributed by atoms with Crippen molar-refractivity contribution in [1.29, 1.82) is 0 Å². The van der Waals surface area contributed by atoms with Gasteiger partial charge in [0.1, 0.15) is 0 Å². The van der Waals surface area contributed by atoms with Gasteiger partial charge >= 0.3 is 0 Å². The number of carbonyl (C=O) groups excluding carboxylic acids is 1. The van der Waals surface area contributed by atoms with Gasteiger partial charge in [0.2, 0.25) is 21.4 Å². The van der Waals surface area contributed by atoms with Crippen LogP contribution < -0.4 is 5.32 Å². The van der Waals surface area contributed by atoms with Crippen LogP contribution in [0.1, 0.15) is 23.4 Å². The second-order valence-corrected chi connectivity index (χ2v) is 8.29. The molecule has 1 N–H and O–H groups in total. The van der Waals surface area contributed by atoms with Crippen LogP contribution in [0.25, 0.3) is 11.0 Å². The molecular formula is C18H18N4O4S. The first-order valence-corrected chi connectivity index (χ1v) is 10.1. The normalized spacial score (nSPS) is 16.4. The number of sulfonamides is 1. The minimum atomic E-state index is -3.50. The number of aromatic nitrogens is 2. The van der Waals surface area contributed by atoms with E-state index in [9.17, 15) is 13.2 Å². The van der Waals surface area contributed by atoms with Gasteiger partial charge in [0.15, 0.2) is 0 Å². The Morgan fingerprint density at radius 3 is 2.59 bits per heavy atom. The maximum atomic E-state index is 12.7. The summed E-state index contributed by atoms with van der Waals surface area (Å²) in [6, 6.07) is 11.7. The maximum Gasteiger partial charge on any atom is 0.290 e. The van der Waals surface area contributed by atoms with E-state index in [0.29, 0.717) is 37.0 Å². The number of piperidine rings is 1. The average molecular weight is 386 g/mol. The Balaban J connectivity index is 1.40. The summed E-state index contributed by atoms with van der Waals surface area (Å²) in [5, 5.41) is 7.23. The van der Waals surface area contributed by atoms with Gasteiger partial charge in [0, 0.05) is 25.3 Å². The van der Waals surface area contributed by atoms with Crippen LogP contribution in [0.4, 0.5) is 0 Å². The van der Waals surface area contributed by atoms with Gasteiger partial charge in [-0.15, -0.1) is 0 Å². The molecule has 0 unspecified atom stereocenters. The Morgan fingerprint density at radius 1 is 1.11 bits per heavy atom. The first-order valence-electron chi connectivity index (χ1n) is 8.62. The molecule has 1 fully saturated rings. The molecule has 140 valence electrons. The molecule has 9 heteroatoms. The molecule has 4 rings (SSSR count). The second kappa shape index (κ2) is 7.09. The van der Waals surface area contributed by atoms with Crippen molar-refractivity contribution in [3.05, 3.63) is 54.4 Å². The summed E-state index contributed by atoms with van der Waals surface area (Å²) < 4.78 is 31.9. The second-order valence-electron chi connectivity index (χ2n) is 6.35. The third-order valence-corrected chi connectivity index (χ3v) is 6.54. The number of amides is 1. The number of hydrogen-bond donors (Lipinski definition) is 1. The third-order valence-electron chi connectivity index (χ3n) is 4.63. The third kappa shape index (κ3) is 3.43. The van der Waals surface area contributed by atoms with Crippen molar-refractivity contribution in [1.82, 2.24) is 19.8 Å². The molecule has 3 heterocycles. The topological polar surface area (TPSA) is 105 Å². The summed E-state index contributed by atoms with van der Waals surface area (Å²) in [4.78, 5) is 16.8. The Morgan fingerprint density at radius 2 is 1.85 bits per heavy atom. The van der Waals surface area contributed by atoms with Crippen LogP contribution in [0.15, 0.2) is 58.1 Å². The number of benzene rings is 1. The van der Waals surface area contributed by atoms with Crippen LogP contribution in [0.3, 0.4) is 0 Å². The Bertz CT molecular complexity index is 1060. The minimum Gasteiger partial charge on any atom is -0.348 e. The number of fused-ring (bicyclic) bond motifs is 1. The van der Waals surface area contributed by atoms with Crippen LogP contribution in [-0.4, -0.2) is 47.9 Å². The summed E-state index contributed by atoms with van der Waals surface area (Å²) >= 11 is 0. The van der Waals surface area contributed by atoms with E-state index in [1.54, 1.807) is 48.7 Å². The standard InChI is InChI=1S/C18H18N4O4S/c23-18(16-15-7-4-10-19-17(15)21-26-16)20-13-8-11-22(12-9-13)27(24,25)14-5-2-1-3-6-14/h1-7,10,13H,8-9,11-12H2,(H,20,23). The maximum absolute atomic E-state index is 12.7. The summed E-state index contributed by atoms with van der Waals surface area (Å²) in [7, 11) is -3.50. The molecule has 1 aromatic carbocycles. The molecule has 1 aliphatic heterocycles. The predicted molar refractivity (Wildman–Crippen MR) is 97.5 cm³/mol. The number of nitrogens with one attached hydrogen (secondary N) is 1. The highest BCUT2D eigenvalue weighted by Crippen LogP contribution is 2.21. The zero-order valence-electron chi connectivity index (χ0n) is 14.4. The summed E-state index contributed by atoms with van der Waals surface area (Å²) in [5.74, 6) is -0.243. The van der Waals surface area contributed by atoms with Gasteiger partial charge in [-0.25, -0.2) is 13.4 Å². The molecule has 3 aromatic rings. The van der Waals surface area contributed by atoms with E-state index in [1.165, 1.54) is 4.31 Å². The van der Waals surface area contributed by atoms with Crippen molar-refractivity contribution < 1.29 is 17.7 Å². The fourth-order valence-electron chi connectivity index (χ4n) is 3.18. The molecular weight excluding hydrogens is 368 g/mol. The van der Waals surface area contributed by atoms with E-state index in [4.69, 9.17) is 4.52 Å². The Labute approximate surface area is 156 Å². The number of nitrogens with zero attached hydrogens (tertiary/aromatic N) is 3. The lowest BCUT2D eigenvalue weighted by Crippen LogP contribution is -2.46. The number of hydrogen-bond acceptors (Lipinski definition) is 6. The molecule has 0 atom stereocenters. The lowest BCUT2D eigenvalue weighted by molar-refractivity contribution is 0.0889. The molecule has 8 nitrogen and oxygen atoms in total. The minimum absolute atomic E-state index is 0.123. The van der Waals surface area contributed by atoms with Gasteiger partial charge in [0.25, 0.3) is 5.91 Å². The quantitative estimate of drug-likeness (QED) is 0.733. The van der Waals surface area contributed by atoms with Gasteiger partial charge in [-0.2, -0.15) is 4.31 Å². The van der Waals surface area contributed by atoms with E-state index in [0.717, 1.165) is 0 Å². The molecule has 0 bridgehead atoms. The van der Waals surface area contributed by atoms with E-state index in [2.05, 4.69) is 15.5 Å². The van der Waals surface area contributed by atoms with Crippen LogP contribution in [-0.2, 0) is 10.0 Å². The predicted octanol–water partition coefficient (Wildman–Crippen LogP) is 1.81. The average Bonchev–Trinajstić information content (AvgIpc) is 3.13. The van der Waals surface area contributed by atoms with E-state index < -0.39 is 10.0 Å². The molecule has 0 spiro atoms. The van der Waals surface area contributed by atoms with E-state index >= 15 is 0 Å². The van der Waals surface area contributed by atoms with Crippen LogP contribution in [0.5, 0.6) is 0 Å². The first-order chi connectivity index (χ1) is 13.1. The lowest BCUT2D eigenvalue weighted by atomic mass is 10.1. The smallest absolute Gasteiger partial charge is 0.290 e. The van der Waals surface area contributed by atoms with E-state index in [-0.39, 0.29) is 22.6 Å². The van der Waals surface area contributed by atoms with Crippen molar-refractivity contribution >= 4 is 27.0 Å². The van der Waals surface area contributed by atoms with Crippen molar-refractivity contribution in [3.8, 4) is 0 Å². The van der Waals surface area contributed by atoms with Crippen molar-refractivity contribution in [2.45, 2.75) is 23.8 Å². The van der Waals surface area contributed by atoms with Gasteiger partial charge in [-0.05, 0) is 37.1 Å². The summed E-state index contributed by atoms with van der Waals surface area (Å²) in [6.45, 7) is 0.696. The monoisotopic (exact) mass is 386 g/mol. The molecule has 1 saturated heterocycles. The number of pyridine rings is 1. The highest BCUT2D eigenvalue weighted by atomic mass is 32.2. The highest BCUT2D eigenvalue weighted by molar-refractivity contribution is 7.89. The number of carbonyl (C=O) groups is 1. The molecule has 27 heavy (non-hydrogen) atoms. The zero-order chi connectivity index (χ0) is 18.9. The van der Waals surface area contributed by atoms with Gasteiger partial charge in [-0.1, -0.05) is 23.4 Å². The van der Waals surface area contributed by atoms with Crippen molar-refractivity contribution in [2.75, 3.05) is 13.1 Å². The van der Waals surface area contributed by atoms with Crippen LogP contribution >= 0.6 is 0 Å². The van der Waals surface area contributed by atoms with Crippen LogP contribution in [0.2, 0.25) is 0 Å². The van der Waals surface area contributed by atoms with Crippen LogP contribution in [0, 0.1) is 0 Å².